The SMILES string of the molecule is C=CCCCCCc1ccccc1. The van der Waals surface area contributed by atoms with Gasteiger partial charge in [-0.05, 0) is 31.2 Å². The molecule has 0 unspecified atom stereocenters. The van der Waals surface area contributed by atoms with Crippen LogP contribution in [0.5, 0.6) is 0 Å². The van der Waals surface area contributed by atoms with Crippen LogP contribution in [0.1, 0.15) is 31.2 Å². The minimum atomic E-state index is 1.16. The van der Waals surface area contributed by atoms with Crippen LogP contribution in [0.2, 0.25) is 0 Å². The van der Waals surface area contributed by atoms with Crippen molar-refractivity contribution < 1.29 is 0 Å². The molecule has 0 heterocycles. The zero-order valence-electron chi connectivity index (χ0n) is 8.21. The van der Waals surface area contributed by atoms with Crippen LogP contribution in [0, 0.1) is 0 Å². The number of hydrogen-bond donors (Lipinski definition) is 0. The summed E-state index contributed by atoms with van der Waals surface area (Å²) in [5.41, 5.74) is 1.46. The maximum atomic E-state index is 3.72. The van der Waals surface area contributed by atoms with E-state index in [0.29, 0.717) is 0 Å². The van der Waals surface area contributed by atoms with E-state index in [0.717, 1.165) is 6.42 Å². The molecule has 0 fully saturated rings. The lowest BCUT2D eigenvalue weighted by Crippen LogP contribution is -1.84. The van der Waals surface area contributed by atoms with Gasteiger partial charge in [0.25, 0.3) is 0 Å². The second-order valence-corrected chi connectivity index (χ2v) is 3.37. The largest absolute Gasteiger partial charge is 0.103 e. The first-order chi connectivity index (χ1) is 6.43. The first kappa shape index (κ1) is 10.0. The molecule has 0 N–H and O–H groups in total. The van der Waals surface area contributed by atoms with Crippen molar-refractivity contribution in [3.8, 4) is 0 Å². The molecule has 0 aliphatic carbocycles. The number of benzene rings is 1. The normalized spacial score (nSPS) is 9.85. The predicted octanol–water partition coefficient (Wildman–Crippen LogP) is 3.98. The van der Waals surface area contributed by atoms with Gasteiger partial charge in [0.1, 0.15) is 0 Å². The number of hydrogen-bond acceptors (Lipinski definition) is 0. The highest BCUT2D eigenvalue weighted by atomic mass is 14.0. The van der Waals surface area contributed by atoms with Gasteiger partial charge in [0.05, 0.1) is 0 Å². The molecule has 1 aromatic carbocycles. The van der Waals surface area contributed by atoms with Gasteiger partial charge in [0.2, 0.25) is 0 Å². The van der Waals surface area contributed by atoms with Crippen molar-refractivity contribution in [3.63, 3.8) is 0 Å². The van der Waals surface area contributed by atoms with Crippen LogP contribution in [-0.2, 0) is 6.42 Å². The van der Waals surface area contributed by atoms with E-state index in [4.69, 9.17) is 0 Å². The van der Waals surface area contributed by atoms with Crippen LogP contribution in [0.4, 0.5) is 0 Å². The van der Waals surface area contributed by atoms with E-state index in [9.17, 15) is 0 Å². The second-order valence-electron chi connectivity index (χ2n) is 3.37. The second kappa shape index (κ2) is 6.47. The molecular weight excluding hydrogens is 156 g/mol. The van der Waals surface area contributed by atoms with Gasteiger partial charge in [-0.1, -0.05) is 42.8 Å². The van der Waals surface area contributed by atoms with Crippen molar-refractivity contribution in [1.82, 2.24) is 0 Å². The molecule has 0 aliphatic rings. The molecule has 0 bridgehead atoms. The highest BCUT2D eigenvalue weighted by Crippen LogP contribution is 2.07. The zero-order valence-corrected chi connectivity index (χ0v) is 8.21. The fraction of sp³-hybridized carbons (Fsp3) is 0.385. The zero-order chi connectivity index (χ0) is 9.36. The summed E-state index contributed by atoms with van der Waals surface area (Å²) in [5.74, 6) is 0. The Balaban J connectivity index is 2.10. The molecule has 0 saturated carbocycles. The van der Waals surface area contributed by atoms with Crippen LogP contribution >= 0.6 is 0 Å². The Labute approximate surface area is 81.3 Å². The summed E-state index contributed by atoms with van der Waals surface area (Å²) in [5, 5.41) is 0. The molecule has 0 atom stereocenters. The van der Waals surface area contributed by atoms with E-state index in [1.165, 1.54) is 31.2 Å². The first-order valence-corrected chi connectivity index (χ1v) is 5.08. The summed E-state index contributed by atoms with van der Waals surface area (Å²) < 4.78 is 0. The predicted molar refractivity (Wildman–Crippen MR) is 58.8 cm³/mol. The van der Waals surface area contributed by atoms with Crippen molar-refractivity contribution in [2.24, 2.45) is 0 Å². The summed E-state index contributed by atoms with van der Waals surface area (Å²) in [6, 6.07) is 10.7. The van der Waals surface area contributed by atoms with E-state index in [2.05, 4.69) is 36.9 Å². The van der Waals surface area contributed by atoms with Gasteiger partial charge < -0.3 is 0 Å². The molecule has 0 heteroatoms. The molecule has 0 saturated heterocycles. The number of unbranched alkanes of at least 4 members (excludes halogenated alkanes) is 3. The fourth-order valence-electron chi connectivity index (χ4n) is 1.44. The molecule has 0 aliphatic heterocycles. The van der Waals surface area contributed by atoms with Crippen molar-refractivity contribution in [2.45, 2.75) is 32.1 Å². The molecule has 0 amide bonds. The highest BCUT2D eigenvalue weighted by molar-refractivity contribution is 5.14. The van der Waals surface area contributed by atoms with E-state index in [1.807, 2.05) is 6.08 Å². The third-order valence-corrected chi connectivity index (χ3v) is 2.22. The standard InChI is InChI=1S/C13H18/c1-2-3-4-5-7-10-13-11-8-6-9-12-13/h2,6,8-9,11-12H,1,3-5,7,10H2. The molecule has 13 heavy (non-hydrogen) atoms. The van der Waals surface area contributed by atoms with Crippen LogP contribution in [0.15, 0.2) is 43.0 Å². The molecule has 1 aromatic rings. The quantitative estimate of drug-likeness (QED) is 0.452. The van der Waals surface area contributed by atoms with Crippen molar-refractivity contribution in [3.05, 3.63) is 48.6 Å². The summed E-state index contributed by atoms with van der Waals surface area (Å²) in [6.45, 7) is 3.72. The lowest BCUT2D eigenvalue weighted by atomic mass is 10.1. The smallest absolute Gasteiger partial charge is 0.0279 e. The van der Waals surface area contributed by atoms with Gasteiger partial charge in [-0.3, -0.25) is 0 Å². The third-order valence-electron chi connectivity index (χ3n) is 2.22. The topological polar surface area (TPSA) is 0 Å². The highest BCUT2D eigenvalue weighted by Gasteiger charge is 1.91. The Kier molecular flexibility index (Phi) is 5.00. The number of allylic oxidation sites excluding steroid dienone is 1. The average Bonchev–Trinajstić information content (AvgIpc) is 2.19. The minimum Gasteiger partial charge on any atom is -0.103 e. The van der Waals surface area contributed by atoms with E-state index in [1.54, 1.807) is 0 Å². The maximum Gasteiger partial charge on any atom is -0.0279 e. The van der Waals surface area contributed by atoms with Crippen molar-refractivity contribution >= 4 is 0 Å². The van der Waals surface area contributed by atoms with E-state index >= 15 is 0 Å². The molecule has 1 rings (SSSR count). The molecule has 0 nitrogen and oxygen atoms in total. The third kappa shape index (κ3) is 4.51. The lowest BCUT2D eigenvalue weighted by molar-refractivity contribution is 0.687. The maximum absolute atomic E-state index is 3.72. The first-order valence-electron chi connectivity index (χ1n) is 5.08. The fourth-order valence-corrected chi connectivity index (χ4v) is 1.44. The molecular formula is C13H18. The lowest BCUT2D eigenvalue weighted by Gasteiger charge is -1.99. The van der Waals surface area contributed by atoms with Gasteiger partial charge in [0.15, 0.2) is 0 Å². The average molecular weight is 174 g/mol. The van der Waals surface area contributed by atoms with Gasteiger partial charge in [-0.25, -0.2) is 0 Å². The Bertz CT molecular complexity index is 223. The van der Waals surface area contributed by atoms with Crippen LogP contribution in [0.25, 0.3) is 0 Å². The van der Waals surface area contributed by atoms with Gasteiger partial charge in [0, 0.05) is 0 Å². The van der Waals surface area contributed by atoms with Gasteiger partial charge >= 0.3 is 0 Å². The minimum absolute atomic E-state index is 1.16. The molecule has 70 valence electrons. The summed E-state index contributed by atoms with van der Waals surface area (Å²) >= 11 is 0. The summed E-state index contributed by atoms with van der Waals surface area (Å²) in [7, 11) is 0. The molecule has 0 aromatic heterocycles. The summed E-state index contributed by atoms with van der Waals surface area (Å²) in [4.78, 5) is 0. The van der Waals surface area contributed by atoms with Gasteiger partial charge in [-0.2, -0.15) is 0 Å². The Morgan fingerprint density at radius 2 is 1.77 bits per heavy atom. The van der Waals surface area contributed by atoms with Crippen LogP contribution < -0.4 is 0 Å². The van der Waals surface area contributed by atoms with Crippen molar-refractivity contribution in [2.75, 3.05) is 0 Å². The van der Waals surface area contributed by atoms with Gasteiger partial charge in [-0.15, -0.1) is 6.58 Å². The number of aryl methyl sites for hydroxylation is 1. The van der Waals surface area contributed by atoms with E-state index in [-0.39, 0.29) is 0 Å². The summed E-state index contributed by atoms with van der Waals surface area (Å²) in [6.07, 6.45) is 8.30. The molecule has 0 radical (unpaired) electrons. The van der Waals surface area contributed by atoms with Crippen molar-refractivity contribution in [1.29, 1.82) is 0 Å². The number of rotatable bonds is 6. The van der Waals surface area contributed by atoms with Crippen LogP contribution in [0.3, 0.4) is 0 Å². The van der Waals surface area contributed by atoms with E-state index < -0.39 is 0 Å². The van der Waals surface area contributed by atoms with Crippen LogP contribution in [-0.4, -0.2) is 0 Å². The molecule has 0 spiro atoms. The Morgan fingerprint density at radius 1 is 1.00 bits per heavy atom. The Morgan fingerprint density at radius 3 is 2.46 bits per heavy atom. The monoisotopic (exact) mass is 174 g/mol. The Hall–Kier alpha value is -1.04.